The molecule has 0 aliphatic rings. The van der Waals surface area contributed by atoms with E-state index in [-0.39, 0.29) is 22.6 Å². The first kappa shape index (κ1) is 15.4. The van der Waals surface area contributed by atoms with Gasteiger partial charge in [-0.2, -0.15) is 0 Å². The molecule has 2 aromatic carbocycles. The number of benzene rings is 2. The van der Waals surface area contributed by atoms with E-state index in [2.05, 4.69) is 0 Å². The summed E-state index contributed by atoms with van der Waals surface area (Å²) in [6.07, 6.45) is 0. The molecule has 0 saturated carbocycles. The fourth-order valence-electron chi connectivity index (χ4n) is 2.20. The molecule has 2 N–H and O–H groups in total. The summed E-state index contributed by atoms with van der Waals surface area (Å²) in [4.78, 5) is 22.5. The maximum absolute atomic E-state index is 11.5. The SMILES string of the molecule is COc1ccc(-c2cccc(C(=O)O)c2)c(OC)c1C(=O)O. The Morgan fingerprint density at radius 2 is 1.68 bits per heavy atom. The average Bonchev–Trinajstić information content (AvgIpc) is 2.53. The molecule has 0 spiro atoms. The summed E-state index contributed by atoms with van der Waals surface area (Å²) in [5.41, 5.74) is 1.01. The Morgan fingerprint density at radius 3 is 2.23 bits per heavy atom. The van der Waals surface area contributed by atoms with Crippen LogP contribution < -0.4 is 9.47 Å². The molecule has 0 aliphatic carbocycles. The number of carbonyl (C=O) groups is 2. The van der Waals surface area contributed by atoms with Crippen LogP contribution in [-0.4, -0.2) is 36.4 Å². The second-order valence-electron chi connectivity index (χ2n) is 4.41. The predicted molar refractivity (Wildman–Crippen MR) is 78.9 cm³/mol. The number of hydrogen-bond donors (Lipinski definition) is 2. The first-order chi connectivity index (χ1) is 10.5. The smallest absolute Gasteiger partial charge is 0.343 e. The molecule has 0 amide bonds. The van der Waals surface area contributed by atoms with Gasteiger partial charge in [0.2, 0.25) is 0 Å². The van der Waals surface area contributed by atoms with E-state index in [4.69, 9.17) is 14.6 Å². The number of carboxylic acids is 2. The summed E-state index contributed by atoms with van der Waals surface area (Å²) in [7, 11) is 2.72. The van der Waals surface area contributed by atoms with Crippen LogP contribution in [0.15, 0.2) is 36.4 Å². The second-order valence-corrected chi connectivity index (χ2v) is 4.41. The minimum absolute atomic E-state index is 0.104. The topological polar surface area (TPSA) is 93.1 Å². The Labute approximate surface area is 126 Å². The molecule has 0 atom stereocenters. The molecule has 114 valence electrons. The van der Waals surface area contributed by atoms with Crippen molar-refractivity contribution < 1.29 is 29.3 Å². The Morgan fingerprint density at radius 1 is 0.955 bits per heavy atom. The third kappa shape index (κ3) is 2.71. The van der Waals surface area contributed by atoms with Crippen molar-refractivity contribution in [3.63, 3.8) is 0 Å². The monoisotopic (exact) mass is 302 g/mol. The van der Waals surface area contributed by atoms with Crippen LogP contribution in [0.4, 0.5) is 0 Å². The number of methoxy groups -OCH3 is 2. The highest BCUT2D eigenvalue weighted by molar-refractivity contribution is 5.98. The normalized spacial score (nSPS) is 10.1. The summed E-state index contributed by atoms with van der Waals surface area (Å²) in [5.74, 6) is -1.96. The summed E-state index contributed by atoms with van der Waals surface area (Å²) in [6.45, 7) is 0. The van der Waals surface area contributed by atoms with Gasteiger partial charge in [-0.25, -0.2) is 9.59 Å². The third-order valence-corrected chi connectivity index (χ3v) is 3.18. The summed E-state index contributed by atoms with van der Waals surface area (Å²) >= 11 is 0. The van der Waals surface area contributed by atoms with Gasteiger partial charge in [-0.05, 0) is 29.8 Å². The molecule has 0 bridgehead atoms. The summed E-state index contributed by atoms with van der Waals surface area (Å²) in [5, 5.41) is 18.4. The predicted octanol–water partition coefficient (Wildman–Crippen LogP) is 2.77. The van der Waals surface area contributed by atoms with Crippen LogP contribution in [0.25, 0.3) is 11.1 Å². The molecule has 0 aliphatic heterocycles. The summed E-state index contributed by atoms with van der Waals surface area (Å²) in [6, 6.07) is 9.32. The fraction of sp³-hybridized carbons (Fsp3) is 0.125. The van der Waals surface area contributed by atoms with Crippen molar-refractivity contribution in [2.45, 2.75) is 0 Å². The van der Waals surface area contributed by atoms with Gasteiger partial charge in [-0.1, -0.05) is 12.1 Å². The lowest BCUT2D eigenvalue weighted by Crippen LogP contribution is -2.05. The number of aromatic carboxylic acids is 2. The van der Waals surface area contributed by atoms with E-state index in [0.717, 1.165) is 0 Å². The molecular formula is C16H14O6. The van der Waals surface area contributed by atoms with Gasteiger partial charge in [0, 0.05) is 5.56 Å². The maximum Gasteiger partial charge on any atom is 0.343 e. The van der Waals surface area contributed by atoms with Crippen molar-refractivity contribution >= 4 is 11.9 Å². The molecule has 0 radical (unpaired) electrons. The van der Waals surface area contributed by atoms with Crippen LogP contribution in [0.2, 0.25) is 0 Å². The molecule has 6 nitrogen and oxygen atoms in total. The van der Waals surface area contributed by atoms with Crippen LogP contribution in [0.1, 0.15) is 20.7 Å². The largest absolute Gasteiger partial charge is 0.496 e. The Bertz CT molecular complexity index is 735. The Kier molecular flexibility index (Phi) is 4.31. The Hall–Kier alpha value is -3.02. The highest BCUT2D eigenvalue weighted by atomic mass is 16.5. The zero-order chi connectivity index (χ0) is 16.3. The summed E-state index contributed by atoms with van der Waals surface area (Å²) < 4.78 is 10.3. The number of hydrogen-bond acceptors (Lipinski definition) is 4. The number of carboxylic acid groups (broad SMARTS) is 2. The molecule has 0 aromatic heterocycles. The first-order valence-electron chi connectivity index (χ1n) is 6.31. The molecule has 2 aromatic rings. The lowest BCUT2D eigenvalue weighted by molar-refractivity contribution is 0.0681. The van der Waals surface area contributed by atoms with E-state index in [1.807, 2.05) is 0 Å². The molecule has 0 saturated heterocycles. The third-order valence-electron chi connectivity index (χ3n) is 3.18. The molecule has 2 rings (SSSR count). The van der Waals surface area contributed by atoms with Crippen LogP contribution in [0.3, 0.4) is 0 Å². The van der Waals surface area contributed by atoms with E-state index in [9.17, 15) is 14.7 Å². The standard InChI is InChI=1S/C16H14O6/c1-21-12-7-6-11(14(22-2)13(12)16(19)20)9-4-3-5-10(8-9)15(17)18/h3-8H,1-2H3,(H,17,18)(H,19,20). The van der Waals surface area contributed by atoms with Gasteiger partial charge in [0.15, 0.2) is 0 Å². The van der Waals surface area contributed by atoms with Gasteiger partial charge in [0.25, 0.3) is 0 Å². The lowest BCUT2D eigenvalue weighted by Gasteiger charge is -2.15. The quantitative estimate of drug-likeness (QED) is 0.882. The molecule has 6 heteroatoms. The van der Waals surface area contributed by atoms with Crippen molar-refractivity contribution in [1.82, 2.24) is 0 Å². The van der Waals surface area contributed by atoms with Gasteiger partial charge in [0.1, 0.15) is 17.1 Å². The zero-order valence-electron chi connectivity index (χ0n) is 12.0. The van der Waals surface area contributed by atoms with Crippen molar-refractivity contribution in [2.75, 3.05) is 14.2 Å². The van der Waals surface area contributed by atoms with Gasteiger partial charge in [0.05, 0.1) is 19.8 Å². The van der Waals surface area contributed by atoms with Crippen molar-refractivity contribution in [2.24, 2.45) is 0 Å². The lowest BCUT2D eigenvalue weighted by atomic mass is 9.99. The van der Waals surface area contributed by atoms with Crippen LogP contribution in [0.5, 0.6) is 11.5 Å². The zero-order valence-corrected chi connectivity index (χ0v) is 12.0. The molecule has 0 fully saturated rings. The fourth-order valence-corrected chi connectivity index (χ4v) is 2.20. The highest BCUT2D eigenvalue weighted by Gasteiger charge is 2.22. The van der Waals surface area contributed by atoms with Crippen molar-refractivity contribution in [3.8, 4) is 22.6 Å². The molecular weight excluding hydrogens is 288 g/mol. The molecule has 22 heavy (non-hydrogen) atoms. The minimum atomic E-state index is -1.19. The van der Waals surface area contributed by atoms with Gasteiger partial charge < -0.3 is 19.7 Å². The first-order valence-corrected chi connectivity index (χ1v) is 6.31. The van der Waals surface area contributed by atoms with E-state index in [1.165, 1.54) is 32.4 Å². The van der Waals surface area contributed by atoms with Crippen LogP contribution >= 0.6 is 0 Å². The molecule has 0 heterocycles. The second kappa shape index (κ2) is 6.17. The van der Waals surface area contributed by atoms with E-state index in [1.54, 1.807) is 18.2 Å². The van der Waals surface area contributed by atoms with Crippen molar-refractivity contribution in [1.29, 1.82) is 0 Å². The highest BCUT2D eigenvalue weighted by Crippen LogP contribution is 2.38. The van der Waals surface area contributed by atoms with Crippen LogP contribution in [-0.2, 0) is 0 Å². The number of ether oxygens (including phenoxy) is 2. The molecule has 0 unspecified atom stereocenters. The van der Waals surface area contributed by atoms with E-state index in [0.29, 0.717) is 11.1 Å². The van der Waals surface area contributed by atoms with Gasteiger partial charge >= 0.3 is 11.9 Å². The van der Waals surface area contributed by atoms with Gasteiger partial charge in [-0.3, -0.25) is 0 Å². The van der Waals surface area contributed by atoms with E-state index < -0.39 is 11.9 Å². The Balaban J connectivity index is 2.70. The maximum atomic E-state index is 11.5. The minimum Gasteiger partial charge on any atom is -0.496 e. The van der Waals surface area contributed by atoms with Crippen LogP contribution in [0, 0.1) is 0 Å². The average molecular weight is 302 g/mol. The van der Waals surface area contributed by atoms with Crippen molar-refractivity contribution in [3.05, 3.63) is 47.5 Å². The van der Waals surface area contributed by atoms with E-state index >= 15 is 0 Å². The number of rotatable bonds is 5. The van der Waals surface area contributed by atoms with Gasteiger partial charge in [-0.15, -0.1) is 0 Å².